The summed E-state index contributed by atoms with van der Waals surface area (Å²) in [6.07, 6.45) is 5.79. The van der Waals surface area contributed by atoms with Gasteiger partial charge in [-0.2, -0.15) is 0 Å². The standard InChI is InChI=1S/C13H27N3O/c1-4-9-16(10-13(17)15(2)3)12-8-6-5-7-11(12)14/h11-12H,4-10,14H2,1-3H3. The van der Waals surface area contributed by atoms with Gasteiger partial charge in [0.15, 0.2) is 0 Å². The summed E-state index contributed by atoms with van der Waals surface area (Å²) in [4.78, 5) is 15.8. The van der Waals surface area contributed by atoms with Gasteiger partial charge in [-0.25, -0.2) is 0 Å². The van der Waals surface area contributed by atoms with Crippen LogP contribution in [0.25, 0.3) is 0 Å². The monoisotopic (exact) mass is 241 g/mol. The van der Waals surface area contributed by atoms with Crippen molar-refractivity contribution in [2.45, 2.75) is 51.1 Å². The van der Waals surface area contributed by atoms with Crippen molar-refractivity contribution in [3.8, 4) is 0 Å². The number of amides is 1. The Hall–Kier alpha value is -0.610. The van der Waals surface area contributed by atoms with E-state index in [0.717, 1.165) is 25.8 Å². The molecule has 0 spiro atoms. The van der Waals surface area contributed by atoms with E-state index in [1.165, 1.54) is 12.8 Å². The molecule has 100 valence electrons. The highest BCUT2D eigenvalue weighted by Crippen LogP contribution is 2.22. The predicted octanol–water partition coefficient (Wildman–Crippen LogP) is 1.06. The van der Waals surface area contributed by atoms with Gasteiger partial charge in [-0.05, 0) is 25.8 Å². The minimum atomic E-state index is 0.177. The molecule has 0 bridgehead atoms. The molecule has 1 aliphatic rings. The molecular formula is C13H27N3O. The smallest absolute Gasteiger partial charge is 0.236 e. The third-order valence-electron chi connectivity index (χ3n) is 3.60. The van der Waals surface area contributed by atoms with Crippen LogP contribution in [0.2, 0.25) is 0 Å². The molecule has 1 saturated carbocycles. The number of nitrogens with two attached hydrogens (primary N) is 1. The molecule has 0 saturated heterocycles. The number of hydrogen-bond acceptors (Lipinski definition) is 3. The molecule has 1 aliphatic carbocycles. The van der Waals surface area contributed by atoms with E-state index in [0.29, 0.717) is 12.6 Å². The highest BCUT2D eigenvalue weighted by molar-refractivity contribution is 5.77. The first-order valence-electron chi connectivity index (χ1n) is 6.76. The van der Waals surface area contributed by atoms with Crippen LogP contribution in [0.15, 0.2) is 0 Å². The number of carbonyl (C=O) groups is 1. The molecule has 0 heterocycles. The molecule has 0 aromatic heterocycles. The summed E-state index contributed by atoms with van der Waals surface area (Å²) in [5, 5.41) is 0. The number of hydrogen-bond donors (Lipinski definition) is 1. The maximum absolute atomic E-state index is 11.8. The SMILES string of the molecule is CCCN(CC(=O)N(C)C)C1CCCCC1N. The van der Waals surface area contributed by atoms with Crippen molar-refractivity contribution in [1.29, 1.82) is 0 Å². The fourth-order valence-corrected chi connectivity index (χ4v) is 2.56. The minimum absolute atomic E-state index is 0.177. The van der Waals surface area contributed by atoms with E-state index in [2.05, 4.69) is 11.8 Å². The zero-order valence-electron chi connectivity index (χ0n) is 11.5. The first kappa shape index (κ1) is 14.5. The Morgan fingerprint density at radius 3 is 2.47 bits per heavy atom. The maximum Gasteiger partial charge on any atom is 0.236 e. The zero-order chi connectivity index (χ0) is 12.8. The third kappa shape index (κ3) is 4.28. The maximum atomic E-state index is 11.8. The topological polar surface area (TPSA) is 49.6 Å². The van der Waals surface area contributed by atoms with E-state index in [1.807, 2.05) is 14.1 Å². The van der Waals surface area contributed by atoms with Gasteiger partial charge in [0.1, 0.15) is 0 Å². The Bertz CT molecular complexity index is 243. The summed E-state index contributed by atoms with van der Waals surface area (Å²) >= 11 is 0. The molecule has 1 rings (SSSR count). The Balaban J connectivity index is 2.60. The lowest BCUT2D eigenvalue weighted by Crippen LogP contribution is -2.52. The largest absolute Gasteiger partial charge is 0.348 e. The molecule has 4 heteroatoms. The second kappa shape index (κ2) is 6.97. The zero-order valence-corrected chi connectivity index (χ0v) is 11.5. The lowest BCUT2D eigenvalue weighted by atomic mass is 9.89. The van der Waals surface area contributed by atoms with Crippen LogP contribution in [0.1, 0.15) is 39.0 Å². The Morgan fingerprint density at radius 2 is 1.94 bits per heavy atom. The lowest BCUT2D eigenvalue weighted by molar-refractivity contribution is -0.130. The van der Waals surface area contributed by atoms with Crippen LogP contribution in [0.3, 0.4) is 0 Å². The van der Waals surface area contributed by atoms with Crippen LogP contribution < -0.4 is 5.73 Å². The summed E-state index contributed by atoms with van der Waals surface area (Å²) in [6.45, 7) is 3.64. The van der Waals surface area contributed by atoms with Gasteiger partial charge in [-0.1, -0.05) is 19.8 Å². The second-order valence-corrected chi connectivity index (χ2v) is 5.27. The van der Waals surface area contributed by atoms with Crippen LogP contribution in [0, 0.1) is 0 Å². The average molecular weight is 241 g/mol. The first-order chi connectivity index (χ1) is 8.06. The van der Waals surface area contributed by atoms with Crippen molar-refractivity contribution in [3.63, 3.8) is 0 Å². The summed E-state index contributed by atoms with van der Waals surface area (Å²) in [7, 11) is 3.63. The Morgan fingerprint density at radius 1 is 1.29 bits per heavy atom. The average Bonchev–Trinajstić information content (AvgIpc) is 2.29. The van der Waals surface area contributed by atoms with Crippen molar-refractivity contribution in [1.82, 2.24) is 9.80 Å². The van der Waals surface area contributed by atoms with Crippen molar-refractivity contribution in [2.75, 3.05) is 27.2 Å². The van der Waals surface area contributed by atoms with E-state index in [4.69, 9.17) is 5.73 Å². The van der Waals surface area contributed by atoms with Crippen molar-refractivity contribution in [2.24, 2.45) is 5.73 Å². The van der Waals surface area contributed by atoms with Crippen LogP contribution in [-0.4, -0.2) is 55.0 Å². The number of carbonyl (C=O) groups excluding carboxylic acids is 1. The Labute approximate surface area is 105 Å². The summed E-state index contributed by atoms with van der Waals surface area (Å²) in [5.74, 6) is 0.177. The van der Waals surface area contributed by atoms with Gasteiger partial charge in [0.25, 0.3) is 0 Å². The summed E-state index contributed by atoms with van der Waals surface area (Å²) in [5.41, 5.74) is 6.20. The van der Waals surface area contributed by atoms with E-state index in [-0.39, 0.29) is 11.9 Å². The van der Waals surface area contributed by atoms with Crippen LogP contribution in [-0.2, 0) is 4.79 Å². The van der Waals surface area contributed by atoms with Crippen molar-refractivity contribution >= 4 is 5.91 Å². The fourth-order valence-electron chi connectivity index (χ4n) is 2.56. The summed E-state index contributed by atoms with van der Waals surface area (Å²) < 4.78 is 0. The molecule has 2 N–H and O–H groups in total. The molecule has 2 unspecified atom stereocenters. The van der Waals surface area contributed by atoms with E-state index in [1.54, 1.807) is 4.90 Å². The van der Waals surface area contributed by atoms with Gasteiger partial charge in [0.2, 0.25) is 5.91 Å². The minimum Gasteiger partial charge on any atom is -0.348 e. The summed E-state index contributed by atoms with van der Waals surface area (Å²) in [6, 6.07) is 0.637. The van der Waals surface area contributed by atoms with Crippen molar-refractivity contribution in [3.05, 3.63) is 0 Å². The van der Waals surface area contributed by atoms with Gasteiger partial charge in [-0.3, -0.25) is 9.69 Å². The Kier molecular flexibility index (Phi) is 5.92. The lowest BCUT2D eigenvalue weighted by Gasteiger charge is -2.38. The van der Waals surface area contributed by atoms with Crippen LogP contribution in [0.4, 0.5) is 0 Å². The number of nitrogens with zero attached hydrogens (tertiary/aromatic N) is 2. The highest BCUT2D eigenvalue weighted by Gasteiger charge is 2.28. The number of rotatable bonds is 5. The molecule has 17 heavy (non-hydrogen) atoms. The van der Waals surface area contributed by atoms with Gasteiger partial charge >= 0.3 is 0 Å². The molecular weight excluding hydrogens is 214 g/mol. The van der Waals surface area contributed by atoms with Gasteiger partial charge in [0.05, 0.1) is 6.54 Å². The van der Waals surface area contributed by atoms with Gasteiger partial charge in [0, 0.05) is 26.2 Å². The van der Waals surface area contributed by atoms with Gasteiger partial charge < -0.3 is 10.6 Å². The second-order valence-electron chi connectivity index (χ2n) is 5.27. The molecule has 1 amide bonds. The highest BCUT2D eigenvalue weighted by atomic mass is 16.2. The fraction of sp³-hybridized carbons (Fsp3) is 0.923. The molecule has 0 aromatic carbocycles. The molecule has 1 fully saturated rings. The van der Waals surface area contributed by atoms with E-state index in [9.17, 15) is 4.79 Å². The number of likely N-dealkylation sites (N-methyl/N-ethyl adjacent to an activating group) is 1. The van der Waals surface area contributed by atoms with Crippen LogP contribution in [0.5, 0.6) is 0 Å². The molecule has 0 aromatic rings. The molecule has 0 aliphatic heterocycles. The predicted molar refractivity (Wildman–Crippen MR) is 70.8 cm³/mol. The molecule has 2 atom stereocenters. The quantitative estimate of drug-likeness (QED) is 0.783. The molecule has 4 nitrogen and oxygen atoms in total. The van der Waals surface area contributed by atoms with Gasteiger partial charge in [-0.15, -0.1) is 0 Å². The third-order valence-corrected chi connectivity index (χ3v) is 3.60. The first-order valence-corrected chi connectivity index (χ1v) is 6.76. The van der Waals surface area contributed by atoms with Crippen LogP contribution >= 0.6 is 0 Å². The van der Waals surface area contributed by atoms with Crippen molar-refractivity contribution < 1.29 is 4.79 Å². The normalized spacial score (nSPS) is 25.0. The molecule has 0 radical (unpaired) electrons. The van der Waals surface area contributed by atoms with E-state index >= 15 is 0 Å². The van der Waals surface area contributed by atoms with E-state index < -0.39 is 0 Å².